The van der Waals surface area contributed by atoms with E-state index in [-0.39, 0.29) is 5.97 Å². The highest BCUT2D eigenvalue weighted by Gasteiger charge is 2.30. The van der Waals surface area contributed by atoms with E-state index in [0.29, 0.717) is 28.7 Å². The van der Waals surface area contributed by atoms with Gasteiger partial charge in [-0.2, -0.15) is 0 Å². The van der Waals surface area contributed by atoms with Crippen molar-refractivity contribution < 1.29 is 9.53 Å². The van der Waals surface area contributed by atoms with Crippen LogP contribution in [0.2, 0.25) is 0 Å². The quantitative estimate of drug-likeness (QED) is 0.387. The highest BCUT2D eigenvalue weighted by Crippen LogP contribution is 2.38. The van der Waals surface area contributed by atoms with Crippen LogP contribution in [0.1, 0.15) is 74.2 Å². The fourth-order valence-corrected chi connectivity index (χ4v) is 5.62. The van der Waals surface area contributed by atoms with Crippen molar-refractivity contribution in [3.63, 3.8) is 0 Å². The van der Waals surface area contributed by atoms with Crippen LogP contribution in [0.5, 0.6) is 0 Å². The second-order valence-corrected chi connectivity index (χ2v) is 10.9. The molecule has 0 aliphatic heterocycles. The number of hydrogen-bond acceptors (Lipinski definition) is 4. The lowest BCUT2D eigenvalue weighted by molar-refractivity contribution is 0.0528. The zero-order chi connectivity index (χ0) is 22.4. The lowest BCUT2D eigenvalue weighted by Crippen LogP contribution is -2.41. The van der Waals surface area contributed by atoms with Gasteiger partial charge in [-0.25, -0.2) is 4.79 Å². The molecule has 0 atom stereocenters. The molecule has 0 bridgehead atoms. The Bertz CT molecular complexity index is 879. The molecule has 2 aromatic rings. The maximum Gasteiger partial charge on any atom is 0.341 e. The van der Waals surface area contributed by atoms with E-state index in [2.05, 4.69) is 43.5 Å². The molecule has 4 nitrogen and oxygen atoms in total. The number of thiocarbonyl (C=S) groups is 1. The van der Waals surface area contributed by atoms with Crippen molar-refractivity contribution in [1.29, 1.82) is 0 Å². The van der Waals surface area contributed by atoms with Crippen LogP contribution in [0.25, 0.3) is 0 Å². The third kappa shape index (κ3) is 6.78. The predicted octanol–water partition coefficient (Wildman–Crippen LogP) is 6.41. The van der Waals surface area contributed by atoms with Crippen LogP contribution in [0.3, 0.4) is 0 Å². The van der Waals surface area contributed by atoms with Gasteiger partial charge in [0.05, 0.1) is 12.2 Å². The summed E-state index contributed by atoms with van der Waals surface area (Å²) in [6.45, 7) is 9.17. The minimum atomic E-state index is -0.311. The van der Waals surface area contributed by atoms with Crippen molar-refractivity contribution in [2.24, 2.45) is 11.3 Å². The van der Waals surface area contributed by atoms with Crippen LogP contribution in [-0.2, 0) is 11.2 Å². The third-order valence-electron chi connectivity index (χ3n) is 6.01. The number of benzene rings is 1. The largest absolute Gasteiger partial charge is 0.462 e. The van der Waals surface area contributed by atoms with Gasteiger partial charge in [-0.3, -0.25) is 0 Å². The minimum Gasteiger partial charge on any atom is -0.462 e. The smallest absolute Gasteiger partial charge is 0.341 e. The zero-order valence-electron chi connectivity index (χ0n) is 19.0. The van der Waals surface area contributed by atoms with Gasteiger partial charge in [-0.1, -0.05) is 51.1 Å². The molecule has 2 N–H and O–H groups in total. The standard InChI is InChI=1S/C25H34N2O2S2/c1-5-29-23(28)21-16-20(15-17-9-7-6-8-10-17)31-22(21)27-24(30)26-19-13-11-18(12-14-19)25(2,3)4/h6-10,16,18-19H,5,11-15H2,1-4H3,(H2,26,27,30). The number of esters is 1. The first-order valence-corrected chi connectivity index (χ1v) is 12.4. The normalized spacial score (nSPS) is 19.0. The van der Waals surface area contributed by atoms with Crippen LogP contribution in [0.4, 0.5) is 5.00 Å². The summed E-state index contributed by atoms with van der Waals surface area (Å²) >= 11 is 7.17. The topological polar surface area (TPSA) is 50.4 Å². The first-order chi connectivity index (χ1) is 14.8. The highest BCUT2D eigenvalue weighted by molar-refractivity contribution is 7.80. The maximum atomic E-state index is 12.5. The van der Waals surface area contributed by atoms with E-state index < -0.39 is 0 Å². The first kappa shape index (κ1) is 23.7. The van der Waals surface area contributed by atoms with E-state index >= 15 is 0 Å². The molecule has 1 aromatic heterocycles. The van der Waals surface area contributed by atoms with Crippen LogP contribution in [0.15, 0.2) is 36.4 Å². The van der Waals surface area contributed by atoms with Crippen molar-refractivity contribution in [2.45, 2.75) is 65.8 Å². The molecule has 1 heterocycles. The summed E-state index contributed by atoms with van der Waals surface area (Å²) in [6, 6.07) is 12.6. The number of carbonyl (C=O) groups is 1. The Morgan fingerprint density at radius 3 is 2.45 bits per heavy atom. The van der Waals surface area contributed by atoms with Gasteiger partial charge in [-0.15, -0.1) is 11.3 Å². The second kappa shape index (κ2) is 10.6. The molecule has 1 aliphatic rings. The lowest BCUT2D eigenvalue weighted by Gasteiger charge is -2.37. The number of hydrogen-bond donors (Lipinski definition) is 2. The van der Waals surface area contributed by atoms with Gasteiger partial charge in [0, 0.05) is 17.3 Å². The Kier molecular flexibility index (Phi) is 8.11. The van der Waals surface area contributed by atoms with Crippen molar-refractivity contribution >= 4 is 39.6 Å². The molecule has 0 radical (unpaired) electrons. The third-order valence-corrected chi connectivity index (χ3v) is 7.28. The van der Waals surface area contributed by atoms with Crippen molar-refractivity contribution in [1.82, 2.24) is 5.32 Å². The van der Waals surface area contributed by atoms with Gasteiger partial charge in [0.25, 0.3) is 0 Å². The fraction of sp³-hybridized carbons (Fsp3) is 0.520. The Morgan fingerprint density at radius 1 is 1.16 bits per heavy atom. The maximum absolute atomic E-state index is 12.5. The van der Waals surface area contributed by atoms with E-state index in [9.17, 15) is 4.79 Å². The number of rotatable bonds is 6. The van der Waals surface area contributed by atoms with E-state index in [1.165, 1.54) is 18.4 Å². The number of anilines is 1. The van der Waals surface area contributed by atoms with Gasteiger partial charge < -0.3 is 15.4 Å². The molecular formula is C25H34N2O2S2. The van der Waals surface area contributed by atoms with Gasteiger partial charge in [0.15, 0.2) is 5.11 Å². The summed E-state index contributed by atoms with van der Waals surface area (Å²) in [5.41, 5.74) is 2.13. The van der Waals surface area contributed by atoms with E-state index in [1.807, 2.05) is 31.2 Å². The summed E-state index contributed by atoms with van der Waals surface area (Å²) < 4.78 is 5.27. The first-order valence-electron chi connectivity index (χ1n) is 11.2. The Hall–Kier alpha value is -1.92. The molecular weight excluding hydrogens is 424 g/mol. The average Bonchev–Trinajstić information content (AvgIpc) is 3.10. The molecule has 0 unspecified atom stereocenters. The van der Waals surface area contributed by atoms with Crippen LogP contribution >= 0.6 is 23.6 Å². The lowest BCUT2D eigenvalue weighted by atomic mass is 9.71. The van der Waals surface area contributed by atoms with Gasteiger partial charge in [0.2, 0.25) is 0 Å². The molecule has 0 spiro atoms. The molecule has 6 heteroatoms. The van der Waals surface area contributed by atoms with Crippen molar-refractivity contribution in [3.05, 3.63) is 52.4 Å². The van der Waals surface area contributed by atoms with Gasteiger partial charge in [-0.05, 0) is 67.8 Å². The molecule has 3 rings (SSSR count). The molecule has 0 saturated heterocycles. The highest BCUT2D eigenvalue weighted by atomic mass is 32.1. The fourth-order valence-electron chi connectivity index (χ4n) is 4.21. The summed E-state index contributed by atoms with van der Waals surface area (Å²) in [5, 5.41) is 8.09. The number of ether oxygens (including phenoxy) is 1. The van der Waals surface area contributed by atoms with Crippen molar-refractivity contribution in [3.8, 4) is 0 Å². The molecule has 0 amide bonds. The molecule has 1 aromatic carbocycles. The number of nitrogens with one attached hydrogen (secondary N) is 2. The van der Waals surface area contributed by atoms with E-state index in [1.54, 1.807) is 11.3 Å². The SMILES string of the molecule is CCOC(=O)c1cc(Cc2ccccc2)sc1NC(=S)NC1CCC(C(C)(C)C)CC1. The second-order valence-electron chi connectivity index (χ2n) is 9.35. The zero-order valence-corrected chi connectivity index (χ0v) is 20.6. The van der Waals surface area contributed by atoms with Crippen LogP contribution < -0.4 is 10.6 Å². The summed E-state index contributed by atoms with van der Waals surface area (Å²) in [5.74, 6) is 0.453. The monoisotopic (exact) mass is 458 g/mol. The molecule has 1 fully saturated rings. The summed E-state index contributed by atoms with van der Waals surface area (Å²) in [4.78, 5) is 13.6. The van der Waals surface area contributed by atoms with Crippen LogP contribution in [-0.4, -0.2) is 23.7 Å². The molecule has 1 aliphatic carbocycles. The Morgan fingerprint density at radius 2 is 1.84 bits per heavy atom. The molecule has 168 valence electrons. The van der Waals surface area contributed by atoms with E-state index in [4.69, 9.17) is 17.0 Å². The summed E-state index contributed by atoms with van der Waals surface area (Å²) in [6.07, 6.45) is 5.46. The Labute approximate surface area is 195 Å². The van der Waals surface area contributed by atoms with Gasteiger partial charge >= 0.3 is 5.97 Å². The van der Waals surface area contributed by atoms with E-state index in [0.717, 1.165) is 35.1 Å². The average molecular weight is 459 g/mol. The molecule has 1 saturated carbocycles. The Balaban J connectivity index is 1.65. The van der Waals surface area contributed by atoms with Crippen LogP contribution in [0, 0.1) is 11.3 Å². The minimum absolute atomic E-state index is 0.311. The molecule has 31 heavy (non-hydrogen) atoms. The number of thiophene rings is 1. The van der Waals surface area contributed by atoms with Gasteiger partial charge in [0.1, 0.15) is 5.00 Å². The van der Waals surface area contributed by atoms with Crippen molar-refractivity contribution in [2.75, 3.05) is 11.9 Å². The summed E-state index contributed by atoms with van der Waals surface area (Å²) in [7, 11) is 0. The number of carbonyl (C=O) groups excluding carboxylic acids is 1. The predicted molar refractivity (Wildman–Crippen MR) is 134 cm³/mol.